The molecule has 0 saturated carbocycles. The number of aromatic nitrogens is 2. The van der Waals surface area contributed by atoms with Crippen LogP contribution in [0.2, 0.25) is 0 Å². The van der Waals surface area contributed by atoms with Crippen molar-refractivity contribution >= 4 is 44.5 Å². The molecule has 5 rings (SSSR count). The quantitative estimate of drug-likeness (QED) is 0.363. The molecule has 35 heavy (non-hydrogen) atoms. The lowest BCUT2D eigenvalue weighted by Gasteiger charge is -2.33. The van der Waals surface area contributed by atoms with Crippen molar-refractivity contribution in [3.63, 3.8) is 0 Å². The molecule has 2 heterocycles. The number of benzene rings is 2. The predicted molar refractivity (Wildman–Crippen MR) is 144 cm³/mol. The summed E-state index contributed by atoms with van der Waals surface area (Å²) in [5.41, 5.74) is 3.86. The highest BCUT2D eigenvalue weighted by Crippen LogP contribution is 2.41. The Morgan fingerprint density at radius 1 is 1.06 bits per heavy atom. The molecule has 0 saturated heterocycles. The van der Waals surface area contributed by atoms with Gasteiger partial charge in [0.25, 0.3) is 5.56 Å². The summed E-state index contributed by atoms with van der Waals surface area (Å²) in [6.45, 7) is 6.79. The molecular weight excluding hydrogens is 456 g/mol. The molecule has 1 aliphatic rings. The number of thiophene rings is 1. The van der Waals surface area contributed by atoms with Crippen LogP contribution >= 0.6 is 11.3 Å². The summed E-state index contributed by atoms with van der Waals surface area (Å²) in [6, 6.07) is 17.4. The Morgan fingerprint density at radius 2 is 1.74 bits per heavy atom. The van der Waals surface area contributed by atoms with Crippen LogP contribution in [0, 0.1) is 11.3 Å². The number of nitrogens with one attached hydrogen (secondary N) is 2. The van der Waals surface area contributed by atoms with E-state index in [-0.39, 0.29) is 23.4 Å². The summed E-state index contributed by atoms with van der Waals surface area (Å²) < 4.78 is 1.42. The van der Waals surface area contributed by atoms with Gasteiger partial charge < -0.3 is 10.6 Å². The van der Waals surface area contributed by atoms with E-state index in [2.05, 4.69) is 36.4 Å². The minimum atomic E-state index is -0.256. The number of nitrogens with zero attached hydrogens (tertiary/aromatic N) is 2. The number of hydrogen-bond donors (Lipinski definition) is 2. The van der Waals surface area contributed by atoms with E-state index in [0.29, 0.717) is 17.0 Å². The maximum atomic E-state index is 13.3. The van der Waals surface area contributed by atoms with E-state index < -0.39 is 0 Å². The first-order valence-corrected chi connectivity index (χ1v) is 12.8. The second-order valence-electron chi connectivity index (χ2n) is 10.3. The zero-order valence-electron chi connectivity index (χ0n) is 20.3. The molecule has 0 radical (unpaired) electrons. The molecule has 0 aliphatic heterocycles. The maximum absolute atomic E-state index is 13.3. The van der Waals surface area contributed by atoms with Crippen molar-refractivity contribution in [1.29, 1.82) is 0 Å². The Kier molecular flexibility index (Phi) is 6.19. The smallest absolute Gasteiger partial charge is 0.262 e. The summed E-state index contributed by atoms with van der Waals surface area (Å²) in [5, 5.41) is 6.90. The summed E-state index contributed by atoms with van der Waals surface area (Å²) in [6.07, 6.45) is 4.47. The van der Waals surface area contributed by atoms with Gasteiger partial charge in [0.2, 0.25) is 5.91 Å². The van der Waals surface area contributed by atoms with E-state index in [0.717, 1.165) is 41.0 Å². The molecule has 6 nitrogen and oxygen atoms in total. The largest absolute Gasteiger partial charge is 0.356 e. The molecule has 4 aromatic rings. The standard InChI is InChI=1S/C28H30N4O2S/c1-28(2,3)18-9-14-22-23(15-18)35-26-25(22)27(34)32(17-29-26)16-24(33)31-21-12-10-20(11-13-21)30-19-7-5-4-6-8-19/h4-8,10-13,17-18,30H,9,14-16H2,1-3H3,(H,31,33). The number of anilines is 3. The maximum Gasteiger partial charge on any atom is 0.262 e. The number of hydrogen-bond acceptors (Lipinski definition) is 5. The van der Waals surface area contributed by atoms with E-state index in [4.69, 9.17) is 0 Å². The second-order valence-corrected chi connectivity index (χ2v) is 11.4. The topological polar surface area (TPSA) is 76.0 Å². The normalized spacial score (nSPS) is 15.6. The van der Waals surface area contributed by atoms with Gasteiger partial charge in [-0.3, -0.25) is 14.2 Å². The summed E-state index contributed by atoms with van der Waals surface area (Å²) in [4.78, 5) is 32.6. The van der Waals surface area contributed by atoms with Crippen molar-refractivity contribution < 1.29 is 4.79 Å². The van der Waals surface area contributed by atoms with Crippen LogP contribution in [-0.4, -0.2) is 15.5 Å². The van der Waals surface area contributed by atoms with Gasteiger partial charge in [0.05, 0.1) is 11.7 Å². The summed E-state index contributed by atoms with van der Waals surface area (Å²) >= 11 is 1.63. The lowest BCUT2D eigenvalue weighted by atomic mass is 9.72. The van der Waals surface area contributed by atoms with Crippen LogP contribution in [0.4, 0.5) is 17.1 Å². The molecule has 0 bridgehead atoms. The zero-order valence-corrected chi connectivity index (χ0v) is 21.1. The number of carbonyl (C=O) groups is 1. The van der Waals surface area contributed by atoms with Crippen LogP contribution in [0.15, 0.2) is 65.7 Å². The van der Waals surface area contributed by atoms with Crippen molar-refractivity contribution in [3.05, 3.63) is 81.7 Å². The Labute approximate surface area is 209 Å². The fourth-order valence-electron chi connectivity index (χ4n) is 4.73. The highest BCUT2D eigenvalue weighted by molar-refractivity contribution is 7.18. The molecular formula is C28H30N4O2S. The van der Waals surface area contributed by atoms with Crippen LogP contribution in [0.1, 0.15) is 37.6 Å². The molecule has 2 N–H and O–H groups in total. The molecule has 1 amide bonds. The van der Waals surface area contributed by atoms with Gasteiger partial charge in [-0.1, -0.05) is 39.0 Å². The van der Waals surface area contributed by atoms with Gasteiger partial charge in [-0.25, -0.2) is 4.98 Å². The van der Waals surface area contributed by atoms with E-state index >= 15 is 0 Å². The Morgan fingerprint density at radius 3 is 2.46 bits per heavy atom. The van der Waals surface area contributed by atoms with Crippen molar-refractivity contribution in [2.45, 2.75) is 46.6 Å². The highest BCUT2D eigenvalue weighted by Gasteiger charge is 2.31. The van der Waals surface area contributed by atoms with E-state index in [1.54, 1.807) is 11.3 Å². The van der Waals surface area contributed by atoms with Crippen LogP contribution in [0.3, 0.4) is 0 Å². The number of rotatable bonds is 5. The number of amides is 1. The minimum Gasteiger partial charge on any atom is -0.356 e. The highest BCUT2D eigenvalue weighted by atomic mass is 32.1. The lowest BCUT2D eigenvalue weighted by Crippen LogP contribution is -2.29. The molecule has 1 aliphatic carbocycles. The van der Waals surface area contributed by atoms with Crippen molar-refractivity contribution in [3.8, 4) is 0 Å². The molecule has 2 aromatic heterocycles. The first kappa shape index (κ1) is 23.3. The first-order valence-electron chi connectivity index (χ1n) is 12.0. The predicted octanol–water partition coefficient (Wildman–Crippen LogP) is 5.99. The molecule has 7 heteroatoms. The minimum absolute atomic E-state index is 0.0684. The monoisotopic (exact) mass is 486 g/mol. The summed E-state index contributed by atoms with van der Waals surface area (Å²) in [5.74, 6) is 0.347. The SMILES string of the molecule is CC(C)(C)C1CCc2c(sc3ncn(CC(=O)Nc4ccc(Nc5ccccc5)cc4)c(=O)c23)C1. The van der Waals surface area contributed by atoms with Crippen LogP contribution in [0.5, 0.6) is 0 Å². The third kappa shape index (κ3) is 5.00. The number of carbonyl (C=O) groups excluding carboxylic acids is 1. The molecule has 0 fully saturated rings. The lowest BCUT2D eigenvalue weighted by molar-refractivity contribution is -0.116. The average molecular weight is 487 g/mol. The van der Waals surface area contributed by atoms with Crippen molar-refractivity contribution in [2.75, 3.05) is 10.6 Å². The zero-order chi connectivity index (χ0) is 24.6. The summed E-state index contributed by atoms with van der Waals surface area (Å²) in [7, 11) is 0. The van der Waals surface area contributed by atoms with E-state index in [1.165, 1.54) is 15.8 Å². The first-order chi connectivity index (χ1) is 16.8. The average Bonchev–Trinajstić information content (AvgIpc) is 3.21. The molecule has 0 spiro atoms. The van der Waals surface area contributed by atoms with Crippen LogP contribution in [0.25, 0.3) is 10.2 Å². The van der Waals surface area contributed by atoms with E-state index in [1.807, 2.05) is 54.6 Å². The number of fused-ring (bicyclic) bond motifs is 3. The van der Waals surface area contributed by atoms with Crippen LogP contribution in [-0.2, 0) is 24.2 Å². The van der Waals surface area contributed by atoms with Gasteiger partial charge in [0.15, 0.2) is 0 Å². The fourth-order valence-corrected chi connectivity index (χ4v) is 5.99. The fraction of sp³-hybridized carbons (Fsp3) is 0.321. The van der Waals surface area contributed by atoms with Gasteiger partial charge in [-0.05, 0) is 72.6 Å². The van der Waals surface area contributed by atoms with E-state index in [9.17, 15) is 9.59 Å². The third-order valence-corrected chi connectivity index (χ3v) is 7.97. The molecule has 2 aromatic carbocycles. The van der Waals surface area contributed by atoms with Gasteiger partial charge in [-0.2, -0.15) is 0 Å². The van der Waals surface area contributed by atoms with Crippen LogP contribution < -0.4 is 16.2 Å². The second kappa shape index (κ2) is 9.30. The van der Waals surface area contributed by atoms with Gasteiger partial charge in [-0.15, -0.1) is 11.3 Å². The number of para-hydroxylation sites is 1. The van der Waals surface area contributed by atoms with Crippen molar-refractivity contribution in [2.24, 2.45) is 11.3 Å². The van der Waals surface area contributed by atoms with Gasteiger partial charge >= 0.3 is 0 Å². The van der Waals surface area contributed by atoms with Gasteiger partial charge in [0.1, 0.15) is 11.4 Å². The Balaban J connectivity index is 1.29. The Bertz CT molecular complexity index is 1420. The number of aryl methyl sites for hydroxylation is 1. The molecule has 180 valence electrons. The van der Waals surface area contributed by atoms with Gasteiger partial charge in [0, 0.05) is 21.9 Å². The molecule has 1 unspecified atom stereocenters. The van der Waals surface area contributed by atoms with Crippen molar-refractivity contribution in [1.82, 2.24) is 9.55 Å². The Hall–Kier alpha value is -3.45. The molecule has 1 atom stereocenters. The third-order valence-electron chi connectivity index (χ3n) is 6.81.